The van der Waals surface area contributed by atoms with Gasteiger partial charge in [-0.15, -0.1) is 4.40 Å². The maximum absolute atomic E-state index is 11.6. The van der Waals surface area contributed by atoms with E-state index in [-0.39, 0.29) is 12.2 Å². The predicted molar refractivity (Wildman–Crippen MR) is 61.1 cm³/mol. The van der Waals surface area contributed by atoms with Gasteiger partial charge in [0.2, 0.25) is 0 Å². The van der Waals surface area contributed by atoms with Crippen LogP contribution in [0.1, 0.15) is 6.42 Å². The minimum atomic E-state index is -3.30. The highest BCUT2D eigenvalue weighted by Gasteiger charge is 2.17. The highest BCUT2D eigenvalue weighted by atomic mass is 32.2. The van der Waals surface area contributed by atoms with E-state index < -0.39 is 16.1 Å². The lowest BCUT2D eigenvalue weighted by molar-refractivity contribution is 0.418. The molecule has 0 aliphatic carbocycles. The second-order valence-corrected chi connectivity index (χ2v) is 6.80. The van der Waals surface area contributed by atoms with Gasteiger partial charge in [0.25, 0.3) is 16.1 Å². The standard InChI is InChI=1S/C7H9F2NO2S3/c8-6(9)2-1-3-13-7-10-15(11,12)5-4-14-7/h2H,1,3-5H2. The summed E-state index contributed by atoms with van der Waals surface area (Å²) in [6, 6.07) is 0. The van der Waals surface area contributed by atoms with E-state index in [0.29, 0.717) is 15.9 Å². The van der Waals surface area contributed by atoms with E-state index in [1.54, 1.807) is 0 Å². The van der Waals surface area contributed by atoms with Crippen molar-refractivity contribution < 1.29 is 17.2 Å². The Balaban J connectivity index is 2.39. The molecule has 0 bridgehead atoms. The number of thioether (sulfide) groups is 2. The minimum absolute atomic E-state index is 0.0563. The monoisotopic (exact) mass is 273 g/mol. The Morgan fingerprint density at radius 1 is 1.60 bits per heavy atom. The zero-order valence-electron chi connectivity index (χ0n) is 7.65. The highest BCUT2D eigenvalue weighted by Crippen LogP contribution is 2.24. The quantitative estimate of drug-likeness (QED) is 0.740. The predicted octanol–water partition coefficient (Wildman–Crippen LogP) is 2.32. The number of allylic oxidation sites excluding steroid dienone is 1. The van der Waals surface area contributed by atoms with Gasteiger partial charge in [-0.3, -0.25) is 0 Å². The second-order valence-electron chi connectivity index (χ2n) is 2.62. The molecule has 3 nitrogen and oxygen atoms in total. The summed E-state index contributed by atoms with van der Waals surface area (Å²) in [5, 5.41) is 0. The highest BCUT2D eigenvalue weighted by molar-refractivity contribution is 8.39. The Kier molecular flexibility index (Phi) is 5.07. The van der Waals surface area contributed by atoms with Crippen molar-refractivity contribution in [2.24, 2.45) is 4.40 Å². The fourth-order valence-electron chi connectivity index (χ4n) is 0.802. The van der Waals surface area contributed by atoms with Crippen LogP contribution in [0.25, 0.3) is 0 Å². The van der Waals surface area contributed by atoms with Crippen LogP contribution in [0.3, 0.4) is 0 Å². The fraction of sp³-hybridized carbons (Fsp3) is 0.571. The molecule has 0 aromatic heterocycles. The molecule has 1 aliphatic heterocycles. The fourth-order valence-corrected chi connectivity index (χ4v) is 4.82. The van der Waals surface area contributed by atoms with Crippen molar-refractivity contribution in [2.45, 2.75) is 6.42 Å². The Bertz CT molecular complexity index is 374. The number of hydrogen-bond donors (Lipinski definition) is 0. The van der Waals surface area contributed by atoms with E-state index >= 15 is 0 Å². The smallest absolute Gasteiger partial charge is 0.205 e. The molecule has 0 atom stereocenters. The van der Waals surface area contributed by atoms with Crippen LogP contribution in [0.2, 0.25) is 0 Å². The molecule has 0 saturated carbocycles. The SMILES string of the molecule is O=S1(=O)CCSC(SCCC=C(F)F)=N1. The van der Waals surface area contributed by atoms with E-state index in [0.717, 1.165) is 6.08 Å². The molecule has 1 rings (SSSR count). The Labute approximate surface area is 95.5 Å². The summed E-state index contributed by atoms with van der Waals surface area (Å²) >= 11 is 2.55. The van der Waals surface area contributed by atoms with E-state index in [2.05, 4.69) is 4.40 Å². The summed E-state index contributed by atoms with van der Waals surface area (Å²) in [5.74, 6) is 0.959. The lowest BCUT2D eigenvalue weighted by Gasteiger charge is -2.09. The molecule has 0 amide bonds. The van der Waals surface area contributed by atoms with Crippen molar-refractivity contribution in [1.82, 2.24) is 0 Å². The van der Waals surface area contributed by atoms with Gasteiger partial charge in [0.1, 0.15) is 4.38 Å². The maximum atomic E-state index is 11.6. The molecule has 0 radical (unpaired) electrons. The summed E-state index contributed by atoms with van der Waals surface area (Å²) in [7, 11) is -3.30. The van der Waals surface area contributed by atoms with Gasteiger partial charge >= 0.3 is 0 Å². The number of halogens is 2. The van der Waals surface area contributed by atoms with E-state index in [1.165, 1.54) is 23.5 Å². The van der Waals surface area contributed by atoms with E-state index in [4.69, 9.17) is 0 Å². The largest absolute Gasteiger partial charge is 0.266 e. The van der Waals surface area contributed by atoms with E-state index in [1.807, 2.05) is 0 Å². The van der Waals surface area contributed by atoms with Crippen molar-refractivity contribution >= 4 is 37.9 Å². The molecule has 0 fully saturated rings. The second kappa shape index (κ2) is 5.86. The number of sulfonamides is 1. The summed E-state index contributed by atoms with van der Waals surface area (Å²) < 4.78 is 49.4. The summed E-state index contributed by atoms with van der Waals surface area (Å²) in [4.78, 5) is 0. The van der Waals surface area contributed by atoms with Crippen LogP contribution in [-0.2, 0) is 10.0 Å². The van der Waals surface area contributed by atoms with Crippen molar-refractivity contribution in [2.75, 3.05) is 17.3 Å². The Morgan fingerprint density at radius 2 is 2.33 bits per heavy atom. The molecule has 0 N–H and O–H groups in total. The van der Waals surface area contributed by atoms with Crippen LogP contribution in [0, 0.1) is 0 Å². The van der Waals surface area contributed by atoms with E-state index in [9.17, 15) is 17.2 Å². The summed E-state index contributed by atoms with van der Waals surface area (Å²) in [6.07, 6.45) is -0.677. The van der Waals surface area contributed by atoms with Crippen LogP contribution < -0.4 is 0 Å². The summed E-state index contributed by atoms with van der Waals surface area (Å²) in [6.45, 7) is 0. The first-order valence-corrected chi connectivity index (χ1v) is 7.67. The first-order chi connectivity index (χ1) is 6.99. The third-order valence-electron chi connectivity index (χ3n) is 1.42. The lowest BCUT2D eigenvalue weighted by atomic mass is 10.5. The van der Waals surface area contributed by atoms with Crippen molar-refractivity contribution in [3.8, 4) is 0 Å². The molecule has 8 heteroatoms. The molecular formula is C7H9F2NO2S3. The zero-order valence-corrected chi connectivity index (χ0v) is 10.1. The van der Waals surface area contributed by atoms with Gasteiger partial charge in [0.05, 0.1) is 5.75 Å². The topological polar surface area (TPSA) is 46.5 Å². The first-order valence-electron chi connectivity index (χ1n) is 4.09. The molecule has 15 heavy (non-hydrogen) atoms. The molecule has 0 aromatic carbocycles. The van der Waals surface area contributed by atoms with Crippen LogP contribution in [-0.4, -0.2) is 30.1 Å². The first kappa shape index (κ1) is 13.0. The molecule has 1 heterocycles. The Hall–Kier alpha value is -0.0800. The normalized spacial score (nSPS) is 19.5. The number of rotatable bonds is 3. The van der Waals surface area contributed by atoms with Crippen LogP contribution in [0.4, 0.5) is 8.78 Å². The zero-order chi connectivity index (χ0) is 11.3. The van der Waals surface area contributed by atoms with Crippen molar-refractivity contribution in [1.29, 1.82) is 0 Å². The lowest BCUT2D eigenvalue weighted by Crippen LogP contribution is -2.13. The van der Waals surface area contributed by atoms with Gasteiger partial charge in [-0.25, -0.2) is 8.42 Å². The third kappa shape index (κ3) is 5.53. The van der Waals surface area contributed by atoms with Gasteiger partial charge in [-0.05, 0) is 12.5 Å². The molecule has 0 unspecified atom stereocenters. The van der Waals surface area contributed by atoms with Crippen molar-refractivity contribution in [3.63, 3.8) is 0 Å². The van der Waals surface area contributed by atoms with Gasteiger partial charge in [0.15, 0.2) is 0 Å². The molecule has 0 aromatic rings. The third-order valence-corrected chi connectivity index (χ3v) is 5.32. The van der Waals surface area contributed by atoms with Gasteiger partial charge < -0.3 is 0 Å². The minimum Gasteiger partial charge on any atom is -0.205 e. The maximum Gasteiger partial charge on any atom is 0.266 e. The molecule has 86 valence electrons. The Morgan fingerprint density at radius 3 is 2.93 bits per heavy atom. The van der Waals surface area contributed by atoms with Crippen LogP contribution in [0.5, 0.6) is 0 Å². The van der Waals surface area contributed by atoms with Crippen molar-refractivity contribution in [3.05, 3.63) is 12.2 Å². The van der Waals surface area contributed by atoms with Gasteiger partial charge in [-0.2, -0.15) is 8.78 Å². The van der Waals surface area contributed by atoms with Crippen LogP contribution in [0.15, 0.2) is 16.6 Å². The van der Waals surface area contributed by atoms with Gasteiger partial charge in [-0.1, -0.05) is 23.5 Å². The average molecular weight is 273 g/mol. The molecular weight excluding hydrogens is 264 g/mol. The van der Waals surface area contributed by atoms with Crippen LogP contribution >= 0.6 is 23.5 Å². The molecule has 0 saturated heterocycles. The number of hydrogen-bond acceptors (Lipinski definition) is 4. The number of nitrogens with zero attached hydrogens (tertiary/aromatic N) is 1. The molecule has 1 aliphatic rings. The van der Waals surface area contributed by atoms with Gasteiger partial charge in [0, 0.05) is 11.5 Å². The molecule has 0 spiro atoms. The summed E-state index contributed by atoms with van der Waals surface area (Å²) in [5.41, 5.74) is 0. The average Bonchev–Trinajstić information content (AvgIpc) is 2.10.